The van der Waals surface area contributed by atoms with E-state index in [-0.39, 0.29) is 0 Å². The minimum atomic E-state index is 0.756. The lowest BCUT2D eigenvalue weighted by molar-refractivity contribution is 0.920. The molecule has 0 amide bonds. The molecule has 3 rings (SSSR count). The molecule has 0 aliphatic rings. The molecule has 4 nitrogen and oxygen atoms in total. The van der Waals surface area contributed by atoms with Gasteiger partial charge in [0.25, 0.3) is 0 Å². The lowest BCUT2D eigenvalue weighted by Crippen LogP contribution is -2.16. The largest absolute Gasteiger partial charge is 0.398 e. The third-order valence-corrected chi connectivity index (χ3v) is 3.38. The number of fused-ring (bicyclic) bond motifs is 1. The molecule has 0 saturated carbocycles. The standard InChI is InChI=1S/C16H16N4/c1-20(11-12-3-2-7-18-9-12)16-5-4-15(17)14-10-19-8-6-13(14)16/h2-10H,11,17H2,1H3. The Labute approximate surface area is 117 Å². The zero-order valence-electron chi connectivity index (χ0n) is 11.3. The number of benzene rings is 1. The van der Waals surface area contributed by atoms with Crippen LogP contribution in [0.25, 0.3) is 10.8 Å². The number of nitrogens with zero attached hydrogens (tertiary/aromatic N) is 3. The number of nitrogens with two attached hydrogens (primary N) is 1. The quantitative estimate of drug-likeness (QED) is 0.739. The molecule has 2 N–H and O–H groups in total. The van der Waals surface area contributed by atoms with Crippen molar-refractivity contribution in [3.63, 3.8) is 0 Å². The normalized spacial score (nSPS) is 10.7. The highest BCUT2D eigenvalue weighted by Crippen LogP contribution is 2.30. The fraction of sp³-hybridized carbons (Fsp3) is 0.125. The predicted octanol–water partition coefficient (Wildman–Crippen LogP) is 2.85. The van der Waals surface area contributed by atoms with Crippen LogP contribution in [0.2, 0.25) is 0 Å². The summed E-state index contributed by atoms with van der Waals surface area (Å²) in [6, 6.07) is 10.0. The van der Waals surface area contributed by atoms with Crippen molar-refractivity contribution in [1.29, 1.82) is 0 Å². The van der Waals surface area contributed by atoms with E-state index < -0.39 is 0 Å². The Balaban J connectivity index is 2.00. The second-order valence-electron chi connectivity index (χ2n) is 4.81. The first-order valence-electron chi connectivity index (χ1n) is 6.48. The van der Waals surface area contributed by atoms with E-state index >= 15 is 0 Å². The van der Waals surface area contributed by atoms with E-state index in [9.17, 15) is 0 Å². The van der Waals surface area contributed by atoms with Gasteiger partial charge in [0.05, 0.1) is 0 Å². The average molecular weight is 264 g/mol. The highest BCUT2D eigenvalue weighted by molar-refractivity contribution is 6.00. The minimum Gasteiger partial charge on any atom is -0.398 e. The van der Waals surface area contributed by atoms with Crippen LogP contribution in [-0.2, 0) is 6.54 Å². The topological polar surface area (TPSA) is 55.0 Å². The van der Waals surface area contributed by atoms with E-state index in [1.54, 1.807) is 12.4 Å². The Hall–Kier alpha value is -2.62. The molecule has 1 aromatic carbocycles. The molecule has 3 aromatic rings. The van der Waals surface area contributed by atoms with Gasteiger partial charge in [-0.15, -0.1) is 0 Å². The molecule has 4 heteroatoms. The van der Waals surface area contributed by atoms with Crippen LogP contribution in [-0.4, -0.2) is 17.0 Å². The molecule has 0 atom stereocenters. The van der Waals surface area contributed by atoms with Crippen LogP contribution in [0.3, 0.4) is 0 Å². The van der Waals surface area contributed by atoms with E-state index in [1.807, 2.05) is 36.7 Å². The third-order valence-electron chi connectivity index (χ3n) is 3.38. The molecule has 100 valence electrons. The second-order valence-corrected chi connectivity index (χ2v) is 4.81. The fourth-order valence-electron chi connectivity index (χ4n) is 2.38. The molecule has 20 heavy (non-hydrogen) atoms. The Bertz CT molecular complexity index is 725. The molecular formula is C16H16N4. The summed E-state index contributed by atoms with van der Waals surface area (Å²) in [6.07, 6.45) is 7.28. The van der Waals surface area contributed by atoms with Crippen LogP contribution in [0.5, 0.6) is 0 Å². The van der Waals surface area contributed by atoms with Crippen molar-refractivity contribution in [1.82, 2.24) is 9.97 Å². The summed E-state index contributed by atoms with van der Waals surface area (Å²) in [7, 11) is 2.07. The predicted molar refractivity (Wildman–Crippen MR) is 82.5 cm³/mol. The third kappa shape index (κ3) is 2.28. The summed E-state index contributed by atoms with van der Waals surface area (Å²) in [5, 5.41) is 2.11. The highest BCUT2D eigenvalue weighted by Gasteiger charge is 2.08. The van der Waals surface area contributed by atoms with Crippen molar-refractivity contribution in [2.24, 2.45) is 0 Å². The summed E-state index contributed by atoms with van der Waals surface area (Å²) in [5.41, 5.74) is 9.08. The van der Waals surface area contributed by atoms with Crippen LogP contribution in [0.15, 0.2) is 55.1 Å². The Kier molecular flexibility index (Phi) is 3.21. The van der Waals surface area contributed by atoms with Gasteiger partial charge in [-0.25, -0.2) is 0 Å². The smallest absolute Gasteiger partial charge is 0.0449 e. The molecule has 2 aromatic heterocycles. The van der Waals surface area contributed by atoms with Crippen LogP contribution in [0.4, 0.5) is 11.4 Å². The van der Waals surface area contributed by atoms with E-state index in [0.29, 0.717) is 0 Å². The number of pyridine rings is 2. The van der Waals surface area contributed by atoms with E-state index in [0.717, 1.165) is 28.7 Å². The maximum Gasteiger partial charge on any atom is 0.0449 e. The summed E-state index contributed by atoms with van der Waals surface area (Å²) in [6.45, 7) is 0.801. The molecule has 0 unspecified atom stereocenters. The fourth-order valence-corrected chi connectivity index (χ4v) is 2.38. The summed E-state index contributed by atoms with van der Waals surface area (Å²) < 4.78 is 0. The number of anilines is 2. The van der Waals surface area contributed by atoms with Gasteiger partial charge >= 0.3 is 0 Å². The Morgan fingerprint density at radius 1 is 1.00 bits per heavy atom. The van der Waals surface area contributed by atoms with Crippen molar-refractivity contribution in [3.8, 4) is 0 Å². The van der Waals surface area contributed by atoms with Crippen molar-refractivity contribution in [2.45, 2.75) is 6.54 Å². The first-order valence-corrected chi connectivity index (χ1v) is 6.48. The maximum absolute atomic E-state index is 6.01. The van der Waals surface area contributed by atoms with Crippen molar-refractivity contribution in [2.75, 3.05) is 17.7 Å². The molecule has 0 fully saturated rings. The number of rotatable bonds is 3. The van der Waals surface area contributed by atoms with Gasteiger partial charge in [0, 0.05) is 60.5 Å². The van der Waals surface area contributed by atoms with Gasteiger partial charge in [0.15, 0.2) is 0 Å². The average Bonchev–Trinajstić information content (AvgIpc) is 2.49. The number of nitrogen functional groups attached to an aromatic ring is 1. The zero-order chi connectivity index (χ0) is 13.9. The molecule has 0 saturated heterocycles. The van der Waals surface area contributed by atoms with E-state index in [4.69, 9.17) is 5.73 Å². The molecule has 0 spiro atoms. The molecule has 0 aliphatic heterocycles. The van der Waals surface area contributed by atoms with Gasteiger partial charge in [-0.05, 0) is 29.8 Å². The van der Waals surface area contributed by atoms with Gasteiger partial charge in [0.2, 0.25) is 0 Å². The lowest BCUT2D eigenvalue weighted by Gasteiger charge is -2.21. The van der Waals surface area contributed by atoms with Crippen LogP contribution in [0, 0.1) is 0 Å². The molecule has 0 bridgehead atoms. The highest BCUT2D eigenvalue weighted by atomic mass is 15.1. The Morgan fingerprint density at radius 2 is 1.85 bits per heavy atom. The first kappa shape index (κ1) is 12.4. The van der Waals surface area contributed by atoms with Gasteiger partial charge < -0.3 is 10.6 Å². The first-order chi connectivity index (χ1) is 9.75. The zero-order valence-corrected chi connectivity index (χ0v) is 11.3. The van der Waals surface area contributed by atoms with Crippen LogP contribution < -0.4 is 10.6 Å². The molecule has 2 heterocycles. The number of aromatic nitrogens is 2. The second kappa shape index (κ2) is 5.17. The molecule has 0 aliphatic carbocycles. The summed E-state index contributed by atoms with van der Waals surface area (Å²) in [5.74, 6) is 0. The van der Waals surface area contributed by atoms with E-state index in [1.165, 1.54) is 5.56 Å². The Morgan fingerprint density at radius 3 is 2.65 bits per heavy atom. The summed E-state index contributed by atoms with van der Waals surface area (Å²) >= 11 is 0. The van der Waals surface area contributed by atoms with E-state index in [2.05, 4.69) is 28.0 Å². The maximum atomic E-state index is 6.01. The minimum absolute atomic E-state index is 0.756. The van der Waals surface area contributed by atoms with Gasteiger partial charge in [-0.1, -0.05) is 6.07 Å². The van der Waals surface area contributed by atoms with Gasteiger partial charge in [-0.2, -0.15) is 0 Å². The number of hydrogen-bond donors (Lipinski definition) is 1. The summed E-state index contributed by atoms with van der Waals surface area (Å²) in [4.78, 5) is 10.5. The molecular weight excluding hydrogens is 248 g/mol. The number of hydrogen-bond acceptors (Lipinski definition) is 4. The van der Waals surface area contributed by atoms with Crippen LogP contribution >= 0.6 is 0 Å². The van der Waals surface area contributed by atoms with Crippen molar-refractivity contribution < 1.29 is 0 Å². The molecule has 0 radical (unpaired) electrons. The van der Waals surface area contributed by atoms with Crippen molar-refractivity contribution >= 4 is 22.1 Å². The van der Waals surface area contributed by atoms with Crippen LogP contribution in [0.1, 0.15) is 5.56 Å². The lowest BCUT2D eigenvalue weighted by atomic mass is 10.1. The van der Waals surface area contributed by atoms with Gasteiger partial charge in [0.1, 0.15) is 0 Å². The SMILES string of the molecule is CN(Cc1cccnc1)c1ccc(N)c2cnccc12. The van der Waals surface area contributed by atoms with Crippen molar-refractivity contribution in [3.05, 3.63) is 60.7 Å². The van der Waals surface area contributed by atoms with Gasteiger partial charge in [-0.3, -0.25) is 9.97 Å². The monoisotopic (exact) mass is 264 g/mol.